The van der Waals surface area contributed by atoms with Gasteiger partial charge in [-0.25, -0.2) is 0 Å². The monoisotopic (exact) mass is 229 g/mol. The fourth-order valence-corrected chi connectivity index (χ4v) is 0.712. The number of rotatable bonds is 5. The smallest absolute Gasteiger partial charge is 0.339 e. The maximum absolute atomic E-state index is 10.1. The maximum atomic E-state index is 10.1. The summed E-state index contributed by atoms with van der Waals surface area (Å²) in [4.78, 5) is 26.1. The quantitative estimate of drug-likeness (QED) is 0.287. The summed E-state index contributed by atoms with van der Waals surface area (Å²) in [6.45, 7) is 0.755. The standard InChI is InChI=1S/C3H8NO5P.C2H8N2/c5-3(6)1-4-2-10(7,8)9;3-1-2-4/h4H,1-2H2,(H,5,6)(H2,7,8,9);1-4H2. The highest BCUT2D eigenvalue weighted by molar-refractivity contribution is 7.51. The first kappa shape index (κ1) is 15.9. The van der Waals surface area contributed by atoms with E-state index in [1.54, 1.807) is 0 Å². The molecular weight excluding hydrogens is 213 g/mol. The van der Waals surface area contributed by atoms with E-state index in [0.717, 1.165) is 0 Å². The molecular formula is C5H16N3O5P. The van der Waals surface area contributed by atoms with Crippen molar-refractivity contribution in [2.45, 2.75) is 0 Å². The van der Waals surface area contributed by atoms with Crippen molar-refractivity contribution in [2.75, 3.05) is 25.9 Å². The molecule has 0 aromatic heterocycles. The van der Waals surface area contributed by atoms with Crippen LogP contribution in [0.1, 0.15) is 0 Å². The molecule has 9 heteroatoms. The van der Waals surface area contributed by atoms with Crippen LogP contribution in [0.3, 0.4) is 0 Å². The molecule has 0 heterocycles. The summed E-state index contributed by atoms with van der Waals surface area (Å²) >= 11 is 0. The lowest BCUT2D eigenvalue weighted by atomic mass is 10.7. The SMILES string of the molecule is NCCN.O=C(O)CNCP(=O)(O)O. The molecule has 8 N–H and O–H groups in total. The lowest BCUT2D eigenvalue weighted by Gasteiger charge is -2.02. The van der Waals surface area contributed by atoms with Crippen molar-refractivity contribution in [1.82, 2.24) is 5.32 Å². The Morgan fingerprint density at radius 2 is 1.71 bits per heavy atom. The molecule has 0 amide bonds. The third-order valence-corrected chi connectivity index (χ3v) is 1.40. The Balaban J connectivity index is 0. The van der Waals surface area contributed by atoms with Crippen molar-refractivity contribution in [3.63, 3.8) is 0 Å². The van der Waals surface area contributed by atoms with Crippen molar-refractivity contribution in [3.8, 4) is 0 Å². The third-order valence-electron chi connectivity index (χ3n) is 0.761. The van der Waals surface area contributed by atoms with Crippen LogP contribution in [0.2, 0.25) is 0 Å². The number of aliphatic carboxylic acids is 1. The molecule has 0 aromatic carbocycles. The fourth-order valence-electron chi connectivity index (χ4n) is 0.308. The summed E-state index contributed by atoms with van der Waals surface area (Å²) in [5.74, 6) is -1.14. The summed E-state index contributed by atoms with van der Waals surface area (Å²) in [5, 5.41) is 10.1. The van der Waals surface area contributed by atoms with Gasteiger partial charge in [-0.15, -0.1) is 0 Å². The molecule has 0 fully saturated rings. The zero-order chi connectivity index (χ0) is 11.6. The molecule has 0 bridgehead atoms. The van der Waals surface area contributed by atoms with Crippen LogP contribution in [-0.4, -0.2) is 46.8 Å². The van der Waals surface area contributed by atoms with Gasteiger partial charge in [-0.1, -0.05) is 0 Å². The summed E-state index contributed by atoms with van der Waals surface area (Å²) < 4.78 is 10.1. The summed E-state index contributed by atoms with van der Waals surface area (Å²) in [7, 11) is -4.10. The number of hydrogen-bond donors (Lipinski definition) is 6. The maximum Gasteiger partial charge on any atom is 0.339 e. The van der Waals surface area contributed by atoms with Gasteiger partial charge < -0.3 is 26.4 Å². The molecule has 0 unspecified atom stereocenters. The van der Waals surface area contributed by atoms with Crippen LogP contribution < -0.4 is 16.8 Å². The molecule has 0 aliphatic rings. The minimum atomic E-state index is -4.10. The second-order valence-corrected chi connectivity index (χ2v) is 3.87. The van der Waals surface area contributed by atoms with E-state index in [-0.39, 0.29) is 0 Å². The summed E-state index contributed by atoms with van der Waals surface area (Å²) in [5.41, 5.74) is 9.81. The van der Waals surface area contributed by atoms with Gasteiger partial charge in [-0.2, -0.15) is 0 Å². The van der Waals surface area contributed by atoms with Crippen LogP contribution in [0.5, 0.6) is 0 Å². The van der Waals surface area contributed by atoms with Gasteiger partial charge in [0.05, 0.1) is 12.8 Å². The van der Waals surface area contributed by atoms with E-state index in [2.05, 4.69) is 5.32 Å². The fraction of sp³-hybridized carbons (Fsp3) is 0.800. The highest BCUT2D eigenvalue weighted by atomic mass is 31.2. The molecule has 0 aliphatic carbocycles. The number of carboxylic acids is 1. The van der Waals surface area contributed by atoms with Gasteiger partial charge in [0.2, 0.25) is 0 Å². The average molecular weight is 229 g/mol. The normalized spacial score (nSPS) is 10.3. The van der Waals surface area contributed by atoms with Crippen molar-refractivity contribution >= 4 is 13.6 Å². The summed E-state index contributed by atoms with van der Waals surface area (Å²) in [6.07, 6.45) is -0.598. The van der Waals surface area contributed by atoms with E-state index >= 15 is 0 Å². The Hall–Kier alpha value is -0.500. The second kappa shape index (κ2) is 9.07. The molecule has 86 valence electrons. The molecule has 0 radical (unpaired) electrons. The van der Waals surface area contributed by atoms with Gasteiger partial charge in [-0.05, 0) is 0 Å². The molecule has 14 heavy (non-hydrogen) atoms. The first-order chi connectivity index (χ1) is 6.33. The molecule has 0 atom stereocenters. The van der Waals surface area contributed by atoms with Crippen molar-refractivity contribution in [1.29, 1.82) is 0 Å². The lowest BCUT2D eigenvalue weighted by molar-refractivity contribution is -0.135. The van der Waals surface area contributed by atoms with E-state index in [1.165, 1.54) is 0 Å². The van der Waals surface area contributed by atoms with Crippen molar-refractivity contribution in [2.24, 2.45) is 11.5 Å². The van der Waals surface area contributed by atoms with Crippen LogP contribution in [0.15, 0.2) is 0 Å². The Morgan fingerprint density at radius 3 is 1.93 bits per heavy atom. The molecule has 0 saturated carbocycles. The zero-order valence-electron chi connectivity index (χ0n) is 7.59. The van der Waals surface area contributed by atoms with Crippen molar-refractivity contribution in [3.05, 3.63) is 0 Å². The van der Waals surface area contributed by atoms with E-state index in [1.807, 2.05) is 0 Å². The van der Waals surface area contributed by atoms with Gasteiger partial charge in [-0.3, -0.25) is 14.7 Å². The van der Waals surface area contributed by atoms with E-state index < -0.39 is 26.4 Å². The highest BCUT2D eigenvalue weighted by Crippen LogP contribution is 2.31. The summed E-state index contributed by atoms with van der Waals surface area (Å²) in [6, 6.07) is 0. The largest absolute Gasteiger partial charge is 0.480 e. The van der Waals surface area contributed by atoms with Gasteiger partial charge >= 0.3 is 13.6 Å². The van der Waals surface area contributed by atoms with Crippen LogP contribution in [-0.2, 0) is 9.36 Å². The Bertz CT molecular complexity index is 192. The van der Waals surface area contributed by atoms with Crippen LogP contribution >= 0.6 is 7.60 Å². The van der Waals surface area contributed by atoms with Gasteiger partial charge in [0.1, 0.15) is 0 Å². The number of hydrogen-bond acceptors (Lipinski definition) is 5. The third kappa shape index (κ3) is 22.5. The lowest BCUT2D eigenvalue weighted by Crippen LogP contribution is -2.23. The number of nitrogens with two attached hydrogens (primary N) is 2. The predicted octanol–water partition coefficient (Wildman–Crippen LogP) is -2.30. The minimum Gasteiger partial charge on any atom is -0.480 e. The molecule has 0 aliphatic heterocycles. The Morgan fingerprint density at radius 1 is 1.29 bits per heavy atom. The molecule has 0 rings (SSSR count). The molecule has 0 saturated heterocycles. The average Bonchev–Trinajstić information content (AvgIpc) is 2.02. The molecule has 8 nitrogen and oxygen atoms in total. The van der Waals surface area contributed by atoms with Gasteiger partial charge in [0.25, 0.3) is 0 Å². The van der Waals surface area contributed by atoms with Gasteiger partial charge in [0.15, 0.2) is 0 Å². The Kier molecular flexibility index (Phi) is 10.3. The minimum absolute atomic E-state index is 0.439. The topological polar surface area (TPSA) is 159 Å². The van der Waals surface area contributed by atoms with Crippen molar-refractivity contribution < 1.29 is 24.3 Å². The number of carboxylic acid groups (broad SMARTS) is 1. The Labute approximate surface area is 81.4 Å². The number of carbonyl (C=O) groups is 1. The van der Waals surface area contributed by atoms with Gasteiger partial charge in [0, 0.05) is 13.1 Å². The number of nitrogens with one attached hydrogen (secondary N) is 1. The van der Waals surface area contributed by atoms with Crippen LogP contribution in [0.4, 0.5) is 0 Å². The first-order valence-electron chi connectivity index (χ1n) is 3.70. The van der Waals surface area contributed by atoms with E-state index in [9.17, 15) is 9.36 Å². The highest BCUT2D eigenvalue weighted by Gasteiger charge is 2.11. The first-order valence-corrected chi connectivity index (χ1v) is 5.50. The predicted molar refractivity (Wildman–Crippen MR) is 50.7 cm³/mol. The molecule has 0 aromatic rings. The zero-order valence-corrected chi connectivity index (χ0v) is 8.48. The van der Waals surface area contributed by atoms with E-state index in [0.29, 0.717) is 13.1 Å². The van der Waals surface area contributed by atoms with Crippen LogP contribution in [0, 0.1) is 0 Å². The van der Waals surface area contributed by atoms with Crippen LogP contribution in [0.25, 0.3) is 0 Å². The second-order valence-electron chi connectivity index (χ2n) is 2.22. The molecule has 0 spiro atoms. The van der Waals surface area contributed by atoms with E-state index in [4.69, 9.17) is 26.4 Å².